The Kier molecular flexibility index (Phi) is 11.1. The molecule has 1 unspecified atom stereocenters. The Bertz CT molecular complexity index is 537. The van der Waals surface area contributed by atoms with E-state index in [1.165, 1.54) is 6.07 Å². The third-order valence-corrected chi connectivity index (χ3v) is 3.51. The summed E-state index contributed by atoms with van der Waals surface area (Å²) >= 11 is 0. The Hall–Kier alpha value is -1.58. The summed E-state index contributed by atoms with van der Waals surface area (Å²) in [5.41, 5.74) is 0.594. The number of anilines is 1. The SMILES string of the molecule is CCNC(=NCCNc1ccccc1[N+](=O)[O-])NC(C)C(C)C.I. The van der Waals surface area contributed by atoms with Crippen molar-refractivity contribution in [3.8, 4) is 0 Å². The van der Waals surface area contributed by atoms with E-state index >= 15 is 0 Å². The number of para-hydroxylation sites is 2. The van der Waals surface area contributed by atoms with Gasteiger partial charge in [0.15, 0.2) is 5.96 Å². The standard InChI is InChI=1S/C16H27N5O2.HI/c1-5-17-16(20-13(4)12(2)3)19-11-10-18-14-8-6-7-9-15(14)21(22)23;/h6-9,12-13,18H,5,10-11H2,1-4H3,(H2,17,19,20);1H. The van der Waals surface area contributed by atoms with E-state index in [2.05, 4.69) is 41.7 Å². The maximum absolute atomic E-state index is 11.0. The molecule has 1 atom stereocenters. The van der Waals surface area contributed by atoms with E-state index in [0.29, 0.717) is 30.7 Å². The molecule has 0 fully saturated rings. The van der Waals surface area contributed by atoms with E-state index in [0.717, 1.165) is 12.5 Å². The molecule has 3 N–H and O–H groups in total. The van der Waals surface area contributed by atoms with Gasteiger partial charge in [-0.1, -0.05) is 26.0 Å². The number of halogens is 1. The zero-order valence-electron chi connectivity index (χ0n) is 14.7. The molecule has 7 nitrogen and oxygen atoms in total. The predicted octanol–water partition coefficient (Wildman–Crippen LogP) is 3.22. The quantitative estimate of drug-likeness (QED) is 0.142. The third kappa shape index (κ3) is 7.80. The Morgan fingerprint density at radius 2 is 1.96 bits per heavy atom. The highest BCUT2D eigenvalue weighted by Crippen LogP contribution is 2.22. The first-order valence-corrected chi connectivity index (χ1v) is 7.97. The molecule has 1 aromatic carbocycles. The van der Waals surface area contributed by atoms with Crippen LogP contribution >= 0.6 is 24.0 Å². The highest BCUT2D eigenvalue weighted by molar-refractivity contribution is 14.0. The molecule has 1 aromatic rings. The van der Waals surface area contributed by atoms with Crippen molar-refractivity contribution in [2.75, 3.05) is 25.0 Å². The van der Waals surface area contributed by atoms with E-state index in [-0.39, 0.29) is 34.6 Å². The summed E-state index contributed by atoms with van der Waals surface area (Å²) in [7, 11) is 0. The number of rotatable bonds is 8. The zero-order chi connectivity index (χ0) is 17.2. The molecule has 136 valence electrons. The monoisotopic (exact) mass is 449 g/mol. The third-order valence-electron chi connectivity index (χ3n) is 3.51. The summed E-state index contributed by atoms with van der Waals surface area (Å²) in [6.07, 6.45) is 0. The first-order chi connectivity index (χ1) is 11.0. The number of guanidine groups is 1. The lowest BCUT2D eigenvalue weighted by Crippen LogP contribution is -2.44. The fourth-order valence-corrected chi connectivity index (χ4v) is 1.84. The minimum atomic E-state index is -0.387. The predicted molar refractivity (Wildman–Crippen MR) is 110 cm³/mol. The molecule has 1 rings (SSSR count). The highest BCUT2D eigenvalue weighted by atomic mass is 127. The van der Waals surface area contributed by atoms with Crippen LogP contribution in [0.3, 0.4) is 0 Å². The molecule has 0 amide bonds. The van der Waals surface area contributed by atoms with Crippen LogP contribution in [0.15, 0.2) is 29.3 Å². The zero-order valence-corrected chi connectivity index (χ0v) is 17.0. The molecule has 0 spiro atoms. The Labute approximate surface area is 160 Å². The highest BCUT2D eigenvalue weighted by Gasteiger charge is 2.11. The van der Waals surface area contributed by atoms with Gasteiger partial charge < -0.3 is 16.0 Å². The second-order valence-corrected chi connectivity index (χ2v) is 5.64. The number of hydrogen-bond acceptors (Lipinski definition) is 4. The number of nitro groups is 1. The molecule has 0 radical (unpaired) electrons. The van der Waals surface area contributed by atoms with Crippen LogP contribution in [0.1, 0.15) is 27.7 Å². The van der Waals surface area contributed by atoms with Crippen LogP contribution in [0.2, 0.25) is 0 Å². The van der Waals surface area contributed by atoms with Gasteiger partial charge in [-0.05, 0) is 25.8 Å². The Morgan fingerprint density at radius 3 is 2.54 bits per heavy atom. The van der Waals surface area contributed by atoms with Crippen LogP contribution in [-0.4, -0.2) is 36.6 Å². The molecule has 0 aliphatic carbocycles. The molecule has 0 aliphatic heterocycles. The maximum Gasteiger partial charge on any atom is 0.292 e. The fourth-order valence-electron chi connectivity index (χ4n) is 1.84. The average Bonchev–Trinajstić information content (AvgIpc) is 2.51. The number of hydrogen-bond donors (Lipinski definition) is 3. The van der Waals surface area contributed by atoms with Gasteiger partial charge in [0.2, 0.25) is 0 Å². The molecule has 0 bridgehead atoms. The van der Waals surface area contributed by atoms with E-state index in [1.807, 2.05) is 6.92 Å². The molecule has 0 saturated carbocycles. The fraction of sp³-hybridized carbons (Fsp3) is 0.562. The molecule has 8 heteroatoms. The average molecular weight is 449 g/mol. The molecule has 24 heavy (non-hydrogen) atoms. The van der Waals surface area contributed by atoms with E-state index in [1.54, 1.807) is 18.2 Å². The van der Waals surface area contributed by atoms with Gasteiger partial charge in [0.05, 0.1) is 11.5 Å². The lowest BCUT2D eigenvalue weighted by atomic mass is 10.1. The van der Waals surface area contributed by atoms with Crippen LogP contribution in [0, 0.1) is 16.0 Å². The number of benzene rings is 1. The number of nitro benzene ring substituents is 1. The van der Waals surface area contributed by atoms with E-state index in [9.17, 15) is 10.1 Å². The van der Waals surface area contributed by atoms with Crippen molar-refractivity contribution < 1.29 is 4.92 Å². The van der Waals surface area contributed by atoms with Crippen molar-refractivity contribution in [1.82, 2.24) is 10.6 Å². The largest absolute Gasteiger partial charge is 0.378 e. The minimum absolute atomic E-state index is 0. The Balaban J connectivity index is 0.00000529. The van der Waals surface area contributed by atoms with Crippen molar-refractivity contribution in [2.45, 2.75) is 33.7 Å². The normalized spacial score (nSPS) is 12.3. The summed E-state index contributed by atoms with van der Waals surface area (Å²) in [6, 6.07) is 6.93. The van der Waals surface area contributed by atoms with Crippen LogP contribution in [0.4, 0.5) is 11.4 Å². The summed E-state index contributed by atoms with van der Waals surface area (Å²) in [5.74, 6) is 1.27. The summed E-state index contributed by atoms with van der Waals surface area (Å²) < 4.78 is 0. The maximum atomic E-state index is 11.0. The number of nitrogens with one attached hydrogen (secondary N) is 3. The lowest BCUT2D eigenvalue weighted by Gasteiger charge is -2.20. The van der Waals surface area contributed by atoms with Gasteiger partial charge in [0.1, 0.15) is 5.69 Å². The first-order valence-electron chi connectivity index (χ1n) is 7.97. The minimum Gasteiger partial charge on any atom is -0.378 e. The number of nitrogens with zero attached hydrogens (tertiary/aromatic N) is 2. The van der Waals surface area contributed by atoms with Gasteiger partial charge in [-0.25, -0.2) is 0 Å². The van der Waals surface area contributed by atoms with Crippen LogP contribution in [0.5, 0.6) is 0 Å². The summed E-state index contributed by atoms with van der Waals surface area (Å²) in [6.45, 7) is 10.3. The molecule has 0 heterocycles. The second-order valence-electron chi connectivity index (χ2n) is 5.64. The van der Waals surface area contributed by atoms with Gasteiger partial charge in [-0.3, -0.25) is 15.1 Å². The molecule has 0 aromatic heterocycles. The summed E-state index contributed by atoms with van der Waals surface area (Å²) in [4.78, 5) is 15.1. The summed E-state index contributed by atoms with van der Waals surface area (Å²) in [5, 5.41) is 20.6. The van der Waals surface area contributed by atoms with Crippen molar-refractivity contribution in [3.05, 3.63) is 34.4 Å². The molecular formula is C16H28IN5O2. The number of aliphatic imine (C=N–C) groups is 1. The van der Waals surface area contributed by atoms with Gasteiger partial charge in [0.25, 0.3) is 5.69 Å². The van der Waals surface area contributed by atoms with Crippen molar-refractivity contribution in [1.29, 1.82) is 0 Å². The topological polar surface area (TPSA) is 91.6 Å². The van der Waals surface area contributed by atoms with Crippen LogP contribution in [0.25, 0.3) is 0 Å². The van der Waals surface area contributed by atoms with Crippen LogP contribution in [-0.2, 0) is 0 Å². The van der Waals surface area contributed by atoms with Gasteiger partial charge in [-0.2, -0.15) is 0 Å². The van der Waals surface area contributed by atoms with Crippen molar-refractivity contribution in [3.63, 3.8) is 0 Å². The molecule has 0 saturated heterocycles. The van der Waals surface area contributed by atoms with Crippen LogP contribution < -0.4 is 16.0 Å². The second kappa shape index (κ2) is 11.9. The first kappa shape index (κ1) is 22.4. The van der Waals surface area contributed by atoms with Gasteiger partial charge in [0, 0.05) is 25.2 Å². The molecule has 0 aliphatic rings. The van der Waals surface area contributed by atoms with Crippen molar-refractivity contribution in [2.24, 2.45) is 10.9 Å². The lowest BCUT2D eigenvalue weighted by molar-refractivity contribution is -0.384. The van der Waals surface area contributed by atoms with E-state index < -0.39 is 0 Å². The van der Waals surface area contributed by atoms with Gasteiger partial charge >= 0.3 is 0 Å². The van der Waals surface area contributed by atoms with Crippen molar-refractivity contribution >= 4 is 41.3 Å². The van der Waals surface area contributed by atoms with Gasteiger partial charge in [-0.15, -0.1) is 24.0 Å². The van der Waals surface area contributed by atoms with E-state index in [4.69, 9.17) is 0 Å². The molecular weight excluding hydrogens is 421 g/mol. The Morgan fingerprint density at radius 1 is 1.29 bits per heavy atom. The smallest absolute Gasteiger partial charge is 0.292 e.